The van der Waals surface area contributed by atoms with Gasteiger partial charge in [0.25, 0.3) is 0 Å². The zero-order valence-corrected chi connectivity index (χ0v) is 12.5. The molecule has 0 spiro atoms. The number of benzene rings is 1. The Balaban J connectivity index is 0.00000200. The summed E-state index contributed by atoms with van der Waals surface area (Å²) in [6.07, 6.45) is 3.63. The van der Waals surface area contributed by atoms with Crippen molar-refractivity contribution in [2.75, 3.05) is 6.54 Å². The van der Waals surface area contributed by atoms with Gasteiger partial charge in [0.1, 0.15) is 5.82 Å². The van der Waals surface area contributed by atoms with Crippen LogP contribution in [0.25, 0.3) is 0 Å². The van der Waals surface area contributed by atoms with Crippen LogP contribution in [0.1, 0.15) is 31.7 Å². The van der Waals surface area contributed by atoms with Gasteiger partial charge in [-0.05, 0) is 44.4 Å². The van der Waals surface area contributed by atoms with Crippen molar-refractivity contribution >= 4 is 18.3 Å². The standard InChI is InChI=1S/C15H21FN2O.ClH/c1-11(10-12-6-2-3-7-13(12)16)18-15(19)14-8-4-5-9-17-14;/h2-3,6-7,11,14,17H,4-5,8-10H2,1H3,(H,18,19);1H. The van der Waals surface area contributed by atoms with E-state index in [4.69, 9.17) is 0 Å². The SMILES string of the molecule is CC(Cc1ccccc1F)NC(=O)C1CCCCN1.Cl. The van der Waals surface area contributed by atoms with E-state index < -0.39 is 0 Å². The summed E-state index contributed by atoms with van der Waals surface area (Å²) >= 11 is 0. The van der Waals surface area contributed by atoms with E-state index in [1.807, 2.05) is 13.0 Å². The molecule has 0 aliphatic carbocycles. The van der Waals surface area contributed by atoms with E-state index in [2.05, 4.69) is 10.6 Å². The first-order chi connectivity index (χ1) is 9.16. The van der Waals surface area contributed by atoms with Crippen LogP contribution in [0.15, 0.2) is 24.3 Å². The highest BCUT2D eigenvalue weighted by molar-refractivity contribution is 5.85. The van der Waals surface area contributed by atoms with E-state index >= 15 is 0 Å². The molecule has 3 nitrogen and oxygen atoms in total. The third-order valence-corrected chi connectivity index (χ3v) is 3.50. The van der Waals surface area contributed by atoms with E-state index in [9.17, 15) is 9.18 Å². The lowest BCUT2D eigenvalue weighted by Crippen LogP contribution is -2.49. The van der Waals surface area contributed by atoms with Crippen molar-refractivity contribution in [3.05, 3.63) is 35.6 Å². The number of hydrogen-bond acceptors (Lipinski definition) is 2. The number of amides is 1. The summed E-state index contributed by atoms with van der Waals surface area (Å²) in [5, 5.41) is 6.17. The van der Waals surface area contributed by atoms with Crippen LogP contribution in [-0.2, 0) is 11.2 Å². The average Bonchev–Trinajstić information content (AvgIpc) is 2.42. The van der Waals surface area contributed by atoms with Crippen molar-refractivity contribution in [3.8, 4) is 0 Å². The number of carbonyl (C=O) groups is 1. The van der Waals surface area contributed by atoms with Crippen molar-refractivity contribution in [3.63, 3.8) is 0 Å². The average molecular weight is 301 g/mol. The van der Waals surface area contributed by atoms with Crippen LogP contribution >= 0.6 is 12.4 Å². The molecule has 0 saturated carbocycles. The van der Waals surface area contributed by atoms with Crippen LogP contribution in [0.4, 0.5) is 4.39 Å². The van der Waals surface area contributed by atoms with Crippen LogP contribution in [0.2, 0.25) is 0 Å². The second-order valence-electron chi connectivity index (χ2n) is 5.21. The van der Waals surface area contributed by atoms with Crippen molar-refractivity contribution < 1.29 is 9.18 Å². The fourth-order valence-corrected chi connectivity index (χ4v) is 2.46. The summed E-state index contributed by atoms with van der Waals surface area (Å²) in [5.74, 6) is -0.178. The van der Waals surface area contributed by atoms with E-state index in [1.165, 1.54) is 6.07 Å². The molecule has 0 aromatic heterocycles. The Morgan fingerprint density at radius 2 is 2.20 bits per heavy atom. The van der Waals surface area contributed by atoms with Crippen molar-refractivity contribution in [2.45, 2.75) is 44.7 Å². The maximum Gasteiger partial charge on any atom is 0.237 e. The van der Waals surface area contributed by atoms with Crippen LogP contribution in [0, 0.1) is 5.82 Å². The molecule has 0 bridgehead atoms. The Morgan fingerprint density at radius 1 is 1.45 bits per heavy atom. The summed E-state index contributed by atoms with van der Waals surface area (Å²) < 4.78 is 13.5. The first-order valence-corrected chi connectivity index (χ1v) is 6.94. The molecule has 1 fully saturated rings. The van der Waals surface area contributed by atoms with Gasteiger partial charge in [-0.3, -0.25) is 4.79 Å². The van der Waals surface area contributed by atoms with Crippen LogP contribution in [0.5, 0.6) is 0 Å². The Morgan fingerprint density at radius 3 is 2.85 bits per heavy atom. The molecule has 112 valence electrons. The molecule has 1 aliphatic rings. The second kappa shape index (κ2) is 8.22. The van der Waals surface area contributed by atoms with Crippen molar-refractivity contribution in [1.82, 2.24) is 10.6 Å². The van der Waals surface area contributed by atoms with E-state index in [-0.39, 0.29) is 36.2 Å². The van der Waals surface area contributed by atoms with Gasteiger partial charge in [-0.25, -0.2) is 4.39 Å². The van der Waals surface area contributed by atoms with Crippen LogP contribution in [-0.4, -0.2) is 24.5 Å². The minimum absolute atomic E-state index is 0. The van der Waals surface area contributed by atoms with Gasteiger partial charge in [-0.2, -0.15) is 0 Å². The lowest BCUT2D eigenvalue weighted by Gasteiger charge is -2.24. The highest BCUT2D eigenvalue weighted by Crippen LogP contribution is 2.10. The summed E-state index contributed by atoms with van der Waals surface area (Å²) in [5.41, 5.74) is 0.645. The number of hydrogen-bond donors (Lipinski definition) is 2. The number of nitrogens with one attached hydrogen (secondary N) is 2. The van der Waals surface area contributed by atoms with E-state index in [1.54, 1.807) is 12.1 Å². The highest BCUT2D eigenvalue weighted by atomic mass is 35.5. The first-order valence-electron chi connectivity index (χ1n) is 6.94. The molecule has 20 heavy (non-hydrogen) atoms. The second-order valence-corrected chi connectivity index (χ2v) is 5.21. The molecule has 1 aliphatic heterocycles. The zero-order chi connectivity index (χ0) is 13.7. The molecule has 2 atom stereocenters. The highest BCUT2D eigenvalue weighted by Gasteiger charge is 2.21. The fourth-order valence-electron chi connectivity index (χ4n) is 2.46. The maximum absolute atomic E-state index is 13.5. The fraction of sp³-hybridized carbons (Fsp3) is 0.533. The largest absolute Gasteiger partial charge is 0.352 e. The Bertz CT molecular complexity index is 436. The van der Waals surface area contributed by atoms with Crippen molar-refractivity contribution in [2.24, 2.45) is 0 Å². The predicted molar refractivity (Wildman–Crippen MR) is 80.6 cm³/mol. The molecule has 2 unspecified atom stereocenters. The predicted octanol–water partition coefficient (Wildman–Crippen LogP) is 2.44. The van der Waals surface area contributed by atoms with Gasteiger partial charge in [0.2, 0.25) is 5.91 Å². The number of piperidine rings is 1. The van der Waals surface area contributed by atoms with Crippen LogP contribution < -0.4 is 10.6 Å². The van der Waals surface area contributed by atoms with E-state index in [0.29, 0.717) is 12.0 Å². The minimum atomic E-state index is -0.209. The quantitative estimate of drug-likeness (QED) is 0.897. The zero-order valence-electron chi connectivity index (χ0n) is 11.7. The topological polar surface area (TPSA) is 41.1 Å². The maximum atomic E-state index is 13.5. The molecule has 1 saturated heterocycles. The molecule has 2 rings (SSSR count). The molecule has 1 aromatic rings. The van der Waals surface area contributed by atoms with Crippen LogP contribution in [0.3, 0.4) is 0 Å². The van der Waals surface area contributed by atoms with Gasteiger partial charge in [0.15, 0.2) is 0 Å². The van der Waals surface area contributed by atoms with E-state index in [0.717, 1.165) is 25.8 Å². The monoisotopic (exact) mass is 300 g/mol. The first kappa shape index (κ1) is 16.9. The van der Waals surface area contributed by atoms with Gasteiger partial charge in [-0.15, -0.1) is 12.4 Å². The molecular weight excluding hydrogens is 279 g/mol. The Labute approximate surface area is 125 Å². The number of halogens is 2. The Hall–Kier alpha value is -1.13. The summed E-state index contributed by atoms with van der Waals surface area (Å²) in [4.78, 5) is 12.0. The van der Waals surface area contributed by atoms with Gasteiger partial charge >= 0.3 is 0 Å². The smallest absolute Gasteiger partial charge is 0.237 e. The molecule has 1 amide bonds. The molecule has 5 heteroatoms. The summed E-state index contributed by atoms with van der Waals surface area (Å²) in [6.45, 7) is 2.81. The molecular formula is C15H22ClFN2O. The van der Waals surface area contributed by atoms with Gasteiger partial charge in [0, 0.05) is 6.04 Å². The lowest BCUT2D eigenvalue weighted by atomic mass is 10.0. The third-order valence-electron chi connectivity index (χ3n) is 3.50. The summed E-state index contributed by atoms with van der Waals surface area (Å²) in [7, 11) is 0. The normalized spacial score (nSPS) is 19.8. The summed E-state index contributed by atoms with van der Waals surface area (Å²) in [6, 6.07) is 6.55. The molecule has 1 heterocycles. The lowest BCUT2D eigenvalue weighted by molar-refractivity contribution is -0.124. The van der Waals surface area contributed by atoms with Gasteiger partial charge < -0.3 is 10.6 Å². The minimum Gasteiger partial charge on any atom is -0.352 e. The number of rotatable bonds is 4. The number of carbonyl (C=O) groups excluding carboxylic acids is 1. The van der Waals surface area contributed by atoms with Gasteiger partial charge in [-0.1, -0.05) is 24.6 Å². The molecule has 2 N–H and O–H groups in total. The molecule has 1 aromatic carbocycles. The molecule has 0 radical (unpaired) electrons. The third kappa shape index (κ3) is 4.76. The van der Waals surface area contributed by atoms with Crippen molar-refractivity contribution in [1.29, 1.82) is 0 Å². The van der Waals surface area contributed by atoms with Gasteiger partial charge in [0.05, 0.1) is 6.04 Å². The Kier molecular flexibility index (Phi) is 6.96.